The Morgan fingerprint density at radius 2 is 2.09 bits per heavy atom. The number of fused-ring (bicyclic) bond motifs is 1. The van der Waals surface area contributed by atoms with Crippen LogP contribution < -0.4 is 10.1 Å². The Hall–Kier alpha value is -1.85. The molecule has 1 aliphatic rings. The Morgan fingerprint density at radius 1 is 1.30 bits per heavy atom. The van der Waals surface area contributed by atoms with Crippen LogP contribution in [0.1, 0.15) is 16.7 Å². The van der Waals surface area contributed by atoms with Gasteiger partial charge in [0.1, 0.15) is 11.8 Å². The van der Waals surface area contributed by atoms with Crippen molar-refractivity contribution >= 4 is 21.9 Å². The zero-order valence-corrected chi connectivity index (χ0v) is 14.2. The zero-order chi connectivity index (χ0) is 16.2. The molecule has 0 amide bonds. The second kappa shape index (κ2) is 7.15. The molecule has 0 spiro atoms. The lowest BCUT2D eigenvalue weighted by molar-refractivity contribution is -0.139. The number of carboxylic acids is 1. The van der Waals surface area contributed by atoms with Crippen LogP contribution in [0, 0.1) is 0 Å². The third-order valence-corrected chi connectivity index (χ3v) is 4.40. The van der Waals surface area contributed by atoms with E-state index in [0.717, 1.165) is 27.8 Å². The number of aliphatic carboxylic acids is 1. The van der Waals surface area contributed by atoms with Gasteiger partial charge in [0.25, 0.3) is 0 Å². The van der Waals surface area contributed by atoms with E-state index in [9.17, 15) is 9.90 Å². The lowest BCUT2D eigenvalue weighted by Crippen LogP contribution is -2.38. The van der Waals surface area contributed by atoms with Crippen molar-refractivity contribution in [2.24, 2.45) is 0 Å². The summed E-state index contributed by atoms with van der Waals surface area (Å²) < 4.78 is 6.68. The Kier molecular flexibility index (Phi) is 4.98. The largest absolute Gasteiger partial charge is 0.493 e. The molecule has 23 heavy (non-hydrogen) atoms. The van der Waals surface area contributed by atoms with Crippen LogP contribution in [0.3, 0.4) is 0 Å². The van der Waals surface area contributed by atoms with Crippen molar-refractivity contribution in [1.29, 1.82) is 0 Å². The fourth-order valence-corrected chi connectivity index (χ4v) is 3.36. The number of halogens is 1. The van der Waals surface area contributed by atoms with Crippen LogP contribution in [0.15, 0.2) is 46.9 Å². The van der Waals surface area contributed by atoms with Crippen LogP contribution in [0.2, 0.25) is 0 Å². The minimum absolute atomic E-state index is 0.452. The molecule has 0 saturated carbocycles. The van der Waals surface area contributed by atoms with Gasteiger partial charge in [0.15, 0.2) is 0 Å². The van der Waals surface area contributed by atoms with E-state index in [2.05, 4.69) is 27.3 Å². The highest BCUT2D eigenvalue weighted by atomic mass is 79.9. The maximum Gasteiger partial charge on any atom is 0.321 e. The summed E-state index contributed by atoms with van der Waals surface area (Å²) in [5.41, 5.74) is 3.17. The van der Waals surface area contributed by atoms with Gasteiger partial charge >= 0.3 is 5.97 Å². The summed E-state index contributed by atoms with van der Waals surface area (Å²) in [5, 5.41) is 12.6. The van der Waals surface area contributed by atoms with Crippen molar-refractivity contribution in [2.75, 3.05) is 6.61 Å². The lowest BCUT2D eigenvalue weighted by Gasteiger charge is -2.16. The van der Waals surface area contributed by atoms with E-state index in [-0.39, 0.29) is 0 Å². The highest BCUT2D eigenvalue weighted by Gasteiger charge is 2.21. The third kappa shape index (κ3) is 3.92. The van der Waals surface area contributed by atoms with Gasteiger partial charge in [-0.15, -0.1) is 0 Å². The van der Waals surface area contributed by atoms with Crippen LogP contribution in [0.4, 0.5) is 0 Å². The smallest absolute Gasteiger partial charge is 0.321 e. The molecule has 0 bridgehead atoms. The molecule has 3 rings (SSSR count). The first kappa shape index (κ1) is 16.0. The highest BCUT2D eigenvalue weighted by molar-refractivity contribution is 9.10. The van der Waals surface area contributed by atoms with Gasteiger partial charge in [-0.25, -0.2) is 0 Å². The maximum absolute atomic E-state index is 11.5. The summed E-state index contributed by atoms with van der Waals surface area (Å²) in [6.45, 7) is 1.15. The van der Waals surface area contributed by atoms with E-state index < -0.39 is 12.0 Å². The number of nitrogens with one attached hydrogen (secondary N) is 1. The fourth-order valence-electron chi connectivity index (χ4n) is 2.81. The quantitative estimate of drug-likeness (QED) is 0.813. The van der Waals surface area contributed by atoms with Crippen molar-refractivity contribution in [2.45, 2.75) is 25.4 Å². The molecule has 0 aliphatic carbocycles. The van der Waals surface area contributed by atoms with Gasteiger partial charge in [-0.05, 0) is 29.7 Å². The molecular weight excluding hydrogens is 358 g/mol. The van der Waals surface area contributed by atoms with Gasteiger partial charge in [-0.2, -0.15) is 0 Å². The molecule has 4 nitrogen and oxygen atoms in total. The van der Waals surface area contributed by atoms with Gasteiger partial charge in [0.2, 0.25) is 0 Å². The van der Waals surface area contributed by atoms with E-state index >= 15 is 0 Å². The minimum atomic E-state index is -0.846. The second-order valence-electron chi connectivity index (χ2n) is 5.61. The van der Waals surface area contributed by atoms with Crippen LogP contribution >= 0.6 is 15.9 Å². The predicted octanol–water partition coefficient (Wildman–Crippen LogP) is 3.17. The topological polar surface area (TPSA) is 58.6 Å². The van der Waals surface area contributed by atoms with Gasteiger partial charge in [-0.1, -0.05) is 46.3 Å². The van der Waals surface area contributed by atoms with Crippen LogP contribution in [0.5, 0.6) is 5.75 Å². The molecule has 0 fully saturated rings. The molecule has 5 heteroatoms. The zero-order valence-electron chi connectivity index (χ0n) is 12.6. The number of rotatable bonds is 6. The second-order valence-corrected chi connectivity index (χ2v) is 6.53. The summed E-state index contributed by atoms with van der Waals surface area (Å²) in [6, 6.07) is 13.1. The summed E-state index contributed by atoms with van der Waals surface area (Å²) in [4.78, 5) is 11.5. The molecule has 0 radical (unpaired) electrons. The summed E-state index contributed by atoms with van der Waals surface area (Å²) in [5.74, 6) is 0.0472. The van der Waals surface area contributed by atoms with E-state index in [4.69, 9.17) is 4.74 Å². The van der Waals surface area contributed by atoms with Gasteiger partial charge < -0.3 is 9.84 Å². The molecule has 2 N–H and O–H groups in total. The van der Waals surface area contributed by atoms with Gasteiger partial charge in [0.05, 0.1) is 6.61 Å². The van der Waals surface area contributed by atoms with Gasteiger partial charge in [0, 0.05) is 23.0 Å². The van der Waals surface area contributed by atoms with E-state index in [1.54, 1.807) is 0 Å². The molecule has 1 heterocycles. The normalized spacial score (nSPS) is 14.1. The average Bonchev–Trinajstić information content (AvgIpc) is 3.00. The van der Waals surface area contributed by atoms with Crippen LogP contribution in [-0.2, 0) is 24.2 Å². The standard InChI is InChI=1S/C18H18BrNO3/c19-15-9-13-6-7-23-17(13)14(10-15)11-20-16(18(21)22)8-12-4-2-1-3-5-12/h1-5,9-10,16,20H,6-8,11H2,(H,21,22)/t16-/m1/s1. The predicted molar refractivity (Wildman–Crippen MR) is 91.8 cm³/mol. The highest BCUT2D eigenvalue weighted by Crippen LogP contribution is 2.32. The Labute approximate surface area is 143 Å². The molecule has 2 aromatic rings. The van der Waals surface area contributed by atoms with E-state index in [1.165, 1.54) is 5.56 Å². The first-order valence-corrected chi connectivity index (χ1v) is 8.37. The number of carboxylic acid groups (broad SMARTS) is 1. The number of carbonyl (C=O) groups is 1. The van der Waals surface area contributed by atoms with Crippen molar-refractivity contribution in [3.63, 3.8) is 0 Å². The van der Waals surface area contributed by atoms with Crippen molar-refractivity contribution in [1.82, 2.24) is 5.32 Å². The Morgan fingerprint density at radius 3 is 2.83 bits per heavy atom. The van der Waals surface area contributed by atoms with E-state index in [0.29, 0.717) is 19.6 Å². The molecule has 120 valence electrons. The molecular formula is C18H18BrNO3. The SMILES string of the molecule is O=C(O)[C@@H](Cc1ccccc1)NCc1cc(Br)cc2c1OCC2. The number of benzene rings is 2. The van der Waals surface area contributed by atoms with Crippen LogP contribution in [0.25, 0.3) is 0 Å². The minimum Gasteiger partial charge on any atom is -0.493 e. The van der Waals surface area contributed by atoms with Crippen molar-refractivity contribution in [3.05, 3.63) is 63.6 Å². The summed E-state index contributed by atoms with van der Waals surface area (Å²) in [7, 11) is 0. The Balaban J connectivity index is 1.71. The third-order valence-electron chi connectivity index (χ3n) is 3.94. The molecule has 0 aromatic heterocycles. The monoisotopic (exact) mass is 375 g/mol. The summed E-state index contributed by atoms with van der Waals surface area (Å²) in [6.07, 6.45) is 1.35. The first-order valence-electron chi connectivity index (χ1n) is 7.57. The molecule has 1 aliphatic heterocycles. The first-order chi connectivity index (χ1) is 11.1. The van der Waals surface area contributed by atoms with Crippen LogP contribution in [-0.4, -0.2) is 23.7 Å². The fraction of sp³-hybridized carbons (Fsp3) is 0.278. The van der Waals surface area contributed by atoms with E-state index in [1.807, 2.05) is 36.4 Å². The Bertz CT molecular complexity index is 703. The number of hydrogen-bond donors (Lipinski definition) is 2. The summed E-state index contributed by atoms with van der Waals surface area (Å²) >= 11 is 3.51. The number of ether oxygens (including phenoxy) is 1. The maximum atomic E-state index is 11.5. The van der Waals surface area contributed by atoms with Crippen molar-refractivity contribution in [3.8, 4) is 5.75 Å². The molecule has 1 atom stereocenters. The molecule has 0 saturated heterocycles. The van der Waals surface area contributed by atoms with Crippen molar-refractivity contribution < 1.29 is 14.6 Å². The molecule has 2 aromatic carbocycles. The molecule has 0 unspecified atom stereocenters. The lowest BCUT2D eigenvalue weighted by atomic mass is 10.0. The number of hydrogen-bond acceptors (Lipinski definition) is 3. The van der Waals surface area contributed by atoms with Gasteiger partial charge in [-0.3, -0.25) is 10.1 Å². The average molecular weight is 376 g/mol.